The first-order chi connectivity index (χ1) is 11.2. The Hall–Kier alpha value is -2.49. The molecule has 0 saturated heterocycles. The number of methoxy groups -OCH3 is 1. The summed E-state index contributed by atoms with van der Waals surface area (Å²) in [4.78, 5) is 12.3. The number of ether oxygens (including phenoxy) is 1. The summed E-state index contributed by atoms with van der Waals surface area (Å²) in [5.74, 6) is 0.774. The molecule has 0 aliphatic carbocycles. The lowest BCUT2D eigenvalue weighted by molar-refractivity contribution is 0.251. The Kier molecular flexibility index (Phi) is 6.03. The highest BCUT2D eigenvalue weighted by atomic mass is 16.5. The van der Waals surface area contributed by atoms with Crippen molar-refractivity contribution in [3.8, 4) is 5.75 Å². The van der Waals surface area contributed by atoms with Gasteiger partial charge in [0.1, 0.15) is 5.75 Å². The first-order valence-electron chi connectivity index (χ1n) is 7.97. The van der Waals surface area contributed by atoms with Gasteiger partial charge in [0.15, 0.2) is 0 Å². The van der Waals surface area contributed by atoms with Crippen molar-refractivity contribution in [3.63, 3.8) is 0 Å². The Morgan fingerprint density at radius 1 is 0.957 bits per heavy atom. The molecule has 4 heteroatoms. The molecule has 2 rings (SSSR count). The van der Waals surface area contributed by atoms with Crippen molar-refractivity contribution in [1.82, 2.24) is 5.32 Å². The standard InChI is InChI=1S/C19H24N2O2/c1-4-14-10-8-11-15(5-2)18(14)21-19(22)20-13-16-9-6-7-12-17(16)23-3/h6-12H,4-5,13H2,1-3H3,(H2,20,21,22). The second-order valence-corrected chi connectivity index (χ2v) is 5.28. The highest BCUT2D eigenvalue weighted by Crippen LogP contribution is 2.22. The average molecular weight is 312 g/mol. The Bertz CT molecular complexity index is 646. The molecule has 0 unspecified atom stereocenters. The molecule has 0 atom stereocenters. The highest BCUT2D eigenvalue weighted by molar-refractivity contribution is 5.91. The number of carbonyl (C=O) groups excluding carboxylic acids is 1. The molecule has 4 nitrogen and oxygen atoms in total. The summed E-state index contributed by atoms with van der Waals surface area (Å²) < 4.78 is 5.30. The normalized spacial score (nSPS) is 10.2. The number of aryl methyl sites for hydroxylation is 2. The van der Waals surface area contributed by atoms with E-state index in [1.807, 2.05) is 30.3 Å². The van der Waals surface area contributed by atoms with E-state index >= 15 is 0 Å². The number of rotatable bonds is 6. The minimum absolute atomic E-state index is 0.202. The molecule has 0 spiro atoms. The summed E-state index contributed by atoms with van der Waals surface area (Å²) in [6.07, 6.45) is 1.77. The van der Waals surface area contributed by atoms with Crippen molar-refractivity contribution in [2.24, 2.45) is 0 Å². The van der Waals surface area contributed by atoms with Crippen LogP contribution in [0.5, 0.6) is 5.75 Å². The quantitative estimate of drug-likeness (QED) is 0.842. The third kappa shape index (κ3) is 4.25. The second kappa shape index (κ2) is 8.22. The summed E-state index contributed by atoms with van der Waals surface area (Å²) in [6.45, 7) is 4.60. The van der Waals surface area contributed by atoms with Crippen molar-refractivity contribution < 1.29 is 9.53 Å². The third-order valence-electron chi connectivity index (χ3n) is 3.87. The fraction of sp³-hybridized carbons (Fsp3) is 0.316. The van der Waals surface area contributed by atoms with Gasteiger partial charge in [0.25, 0.3) is 0 Å². The third-order valence-corrected chi connectivity index (χ3v) is 3.87. The number of para-hydroxylation sites is 2. The van der Waals surface area contributed by atoms with E-state index in [9.17, 15) is 4.79 Å². The summed E-state index contributed by atoms with van der Waals surface area (Å²) in [7, 11) is 1.63. The molecule has 0 saturated carbocycles. The highest BCUT2D eigenvalue weighted by Gasteiger charge is 2.10. The Balaban J connectivity index is 2.06. The van der Waals surface area contributed by atoms with E-state index in [0.29, 0.717) is 6.54 Å². The van der Waals surface area contributed by atoms with Gasteiger partial charge in [-0.1, -0.05) is 50.2 Å². The fourth-order valence-electron chi connectivity index (χ4n) is 2.59. The summed E-state index contributed by atoms with van der Waals surface area (Å²) in [5, 5.41) is 5.89. The fourth-order valence-corrected chi connectivity index (χ4v) is 2.59. The van der Waals surface area contributed by atoms with E-state index in [0.717, 1.165) is 41.0 Å². The number of benzene rings is 2. The van der Waals surface area contributed by atoms with E-state index in [-0.39, 0.29) is 6.03 Å². The van der Waals surface area contributed by atoms with E-state index in [4.69, 9.17) is 4.74 Å². The van der Waals surface area contributed by atoms with Crippen LogP contribution in [-0.2, 0) is 19.4 Å². The van der Waals surface area contributed by atoms with Gasteiger partial charge in [-0.2, -0.15) is 0 Å². The molecule has 2 amide bonds. The number of hydrogen-bond donors (Lipinski definition) is 2. The molecular weight excluding hydrogens is 288 g/mol. The minimum Gasteiger partial charge on any atom is -0.496 e. The smallest absolute Gasteiger partial charge is 0.319 e. The maximum absolute atomic E-state index is 12.3. The number of anilines is 1. The van der Waals surface area contributed by atoms with Gasteiger partial charge in [-0.3, -0.25) is 0 Å². The molecule has 2 N–H and O–H groups in total. The van der Waals surface area contributed by atoms with Crippen LogP contribution < -0.4 is 15.4 Å². The summed E-state index contributed by atoms with van der Waals surface area (Å²) in [5.41, 5.74) is 4.17. The van der Waals surface area contributed by atoms with Crippen LogP contribution in [0.4, 0.5) is 10.5 Å². The van der Waals surface area contributed by atoms with Crippen LogP contribution >= 0.6 is 0 Å². The molecule has 23 heavy (non-hydrogen) atoms. The topological polar surface area (TPSA) is 50.4 Å². The van der Waals surface area contributed by atoms with E-state index < -0.39 is 0 Å². The largest absolute Gasteiger partial charge is 0.496 e. The Morgan fingerprint density at radius 2 is 1.57 bits per heavy atom. The predicted octanol–water partition coefficient (Wildman–Crippen LogP) is 4.14. The van der Waals surface area contributed by atoms with E-state index in [1.165, 1.54) is 0 Å². The zero-order valence-electron chi connectivity index (χ0n) is 14.0. The molecule has 2 aromatic carbocycles. The molecule has 0 fully saturated rings. The molecule has 122 valence electrons. The van der Waals surface area contributed by atoms with Crippen molar-refractivity contribution in [2.75, 3.05) is 12.4 Å². The van der Waals surface area contributed by atoms with Crippen LogP contribution in [0.1, 0.15) is 30.5 Å². The summed E-state index contributed by atoms with van der Waals surface area (Å²) in [6, 6.07) is 13.6. The first kappa shape index (κ1) is 16.9. The van der Waals surface area contributed by atoms with Crippen LogP contribution in [0.2, 0.25) is 0 Å². The molecule has 0 bridgehead atoms. The van der Waals surface area contributed by atoms with Crippen molar-refractivity contribution in [3.05, 3.63) is 59.2 Å². The van der Waals surface area contributed by atoms with Crippen molar-refractivity contribution in [1.29, 1.82) is 0 Å². The predicted molar refractivity (Wildman–Crippen MR) is 94.1 cm³/mol. The zero-order valence-corrected chi connectivity index (χ0v) is 14.0. The first-order valence-corrected chi connectivity index (χ1v) is 7.97. The lowest BCUT2D eigenvalue weighted by atomic mass is 10.0. The van der Waals surface area contributed by atoms with E-state index in [1.54, 1.807) is 7.11 Å². The van der Waals surface area contributed by atoms with Crippen molar-refractivity contribution in [2.45, 2.75) is 33.2 Å². The molecule has 2 aromatic rings. The Morgan fingerprint density at radius 3 is 2.17 bits per heavy atom. The number of amides is 2. The van der Waals surface area contributed by atoms with Gasteiger partial charge in [0.05, 0.1) is 7.11 Å². The number of hydrogen-bond acceptors (Lipinski definition) is 2. The maximum Gasteiger partial charge on any atom is 0.319 e. The maximum atomic E-state index is 12.3. The minimum atomic E-state index is -0.202. The summed E-state index contributed by atoms with van der Waals surface area (Å²) >= 11 is 0. The number of urea groups is 1. The molecule has 0 heterocycles. The number of carbonyl (C=O) groups is 1. The van der Waals surface area contributed by atoms with Crippen molar-refractivity contribution >= 4 is 11.7 Å². The lowest BCUT2D eigenvalue weighted by Crippen LogP contribution is -2.29. The zero-order chi connectivity index (χ0) is 16.7. The van der Waals surface area contributed by atoms with Gasteiger partial charge in [-0.25, -0.2) is 4.79 Å². The van der Waals surface area contributed by atoms with Gasteiger partial charge < -0.3 is 15.4 Å². The van der Waals surface area contributed by atoms with Gasteiger partial charge in [0.2, 0.25) is 0 Å². The van der Waals surface area contributed by atoms with Gasteiger partial charge in [-0.05, 0) is 30.0 Å². The molecule has 0 radical (unpaired) electrons. The molecular formula is C19H24N2O2. The van der Waals surface area contributed by atoms with Gasteiger partial charge in [0, 0.05) is 17.8 Å². The van der Waals surface area contributed by atoms with Gasteiger partial charge >= 0.3 is 6.03 Å². The average Bonchev–Trinajstić information content (AvgIpc) is 2.60. The second-order valence-electron chi connectivity index (χ2n) is 5.28. The van der Waals surface area contributed by atoms with Gasteiger partial charge in [-0.15, -0.1) is 0 Å². The van der Waals surface area contributed by atoms with Crippen LogP contribution in [0.15, 0.2) is 42.5 Å². The SMILES string of the molecule is CCc1cccc(CC)c1NC(=O)NCc1ccccc1OC. The lowest BCUT2D eigenvalue weighted by Gasteiger charge is -2.15. The van der Waals surface area contributed by atoms with E-state index in [2.05, 4.69) is 36.6 Å². The number of nitrogens with one attached hydrogen (secondary N) is 2. The van der Waals surface area contributed by atoms with Crippen LogP contribution in [0, 0.1) is 0 Å². The van der Waals surface area contributed by atoms with Crippen LogP contribution in [0.3, 0.4) is 0 Å². The molecule has 0 aliphatic heterocycles. The molecule has 0 aromatic heterocycles. The van der Waals surface area contributed by atoms with Crippen LogP contribution in [-0.4, -0.2) is 13.1 Å². The van der Waals surface area contributed by atoms with Crippen LogP contribution in [0.25, 0.3) is 0 Å². The monoisotopic (exact) mass is 312 g/mol. The molecule has 0 aliphatic rings. The Labute approximate surface area is 137 Å².